The van der Waals surface area contributed by atoms with Gasteiger partial charge in [0.05, 0.1) is 0 Å². The van der Waals surface area contributed by atoms with Gasteiger partial charge in [-0.2, -0.15) is 0 Å². The van der Waals surface area contributed by atoms with Crippen molar-refractivity contribution in [1.29, 1.82) is 0 Å². The van der Waals surface area contributed by atoms with Gasteiger partial charge >= 0.3 is 0 Å². The van der Waals surface area contributed by atoms with Gasteiger partial charge in [-0.25, -0.2) is 9.97 Å². The van der Waals surface area contributed by atoms with E-state index >= 15 is 0 Å². The highest BCUT2D eigenvalue weighted by atomic mass is 35.5. The standard InChI is InChI=1S/C13H13ClN4O2/c1-7-5-9(6-8(2)10(7)14)20-13-11(12(15)18-19)16-3-4-17-13/h3-6,19H,1-2H3,(H2,15,18). The van der Waals surface area contributed by atoms with Crippen molar-refractivity contribution in [3.63, 3.8) is 0 Å². The van der Waals surface area contributed by atoms with Gasteiger partial charge in [0, 0.05) is 17.4 Å². The number of rotatable bonds is 3. The molecule has 0 spiro atoms. The molecule has 0 bridgehead atoms. The lowest BCUT2D eigenvalue weighted by Crippen LogP contribution is -2.16. The van der Waals surface area contributed by atoms with Crippen molar-refractivity contribution < 1.29 is 9.94 Å². The van der Waals surface area contributed by atoms with Gasteiger partial charge in [0.1, 0.15) is 5.75 Å². The molecule has 1 aromatic carbocycles. The van der Waals surface area contributed by atoms with Gasteiger partial charge in [-0.3, -0.25) is 0 Å². The van der Waals surface area contributed by atoms with Gasteiger partial charge < -0.3 is 15.7 Å². The van der Waals surface area contributed by atoms with E-state index in [0.717, 1.165) is 11.1 Å². The molecule has 0 aliphatic rings. The molecule has 0 unspecified atom stereocenters. The van der Waals surface area contributed by atoms with Gasteiger partial charge in [0.15, 0.2) is 11.5 Å². The Morgan fingerprint density at radius 1 is 1.25 bits per heavy atom. The monoisotopic (exact) mass is 292 g/mol. The van der Waals surface area contributed by atoms with Crippen molar-refractivity contribution in [1.82, 2.24) is 9.97 Å². The molecule has 2 rings (SSSR count). The molecule has 3 N–H and O–H groups in total. The number of benzene rings is 1. The molecule has 0 radical (unpaired) electrons. The minimum Gasteiger partial charge on any atom is -0.437 e. The Morgan fingerprint density at radius 3 is 2.45 bits per heavy atom. The summed E-state index contributed by atoms with van der Waals surface area (Å²) in [5, 5.41) is 12.3. The van der Waals surface area contributed by atoms with Gasteiger partial charge in [-0.05, 0) is 37.1 Å². The highest BCUT2D eigenvalue weighted by Gasteiger charge is 2.13. The van der Waals surface area contributed by atoms with E-state index in [1.54, 1.807) is 12.1 Å². The van der Waals surface area contributed by atoms with Crippen molar-refractivity contribution >= 4 is 17.4 Å². The van der Waals surface area contributed by atoms with Crippen molar-refractivity contribution in [3.05, 3.63) is 46.4 Å². The maximum absolute atomic E-state index is 8.73. The van der Waals surface area contributed by atoms with Crippen LogP contribution >= 0.6 is 11.6 Å². The summed E-state index contributed by atoms with van der Waals surface area (Å²) in [5.74, 6) is 0.538. The third-order valence-electron chi connectivity index (χ3n) is 2.64. The number of hydrogen-bond acceptors (Lipinski definition) is 5. The first-order valence-electron chi connectivity index (χ1n) is 5.76. The highest BCUT2D eigenvalue weighted by molar-refractivity contribution is 6.32. The maximum atomic E-state index is 8.73. The number of aryl methyl sites for hydroxylation is 2. The lowest BCUT2D eigenvalue weighted by Gasteiger charge is -2.10. The zero-order valence-corrected chi connectivity index (χ0v) is 11.7. The van der Waals surface area contributed by atoms with E-state index in [0.29, 0.717) is 10.8 Å². The van der Waals surface area contributed by atoms with Crippen molar-refractivity contribution in [2.75, 3.05) is 0 Å². The number of aromatic nitrogens is 2. The molecule has 0 saturated carbocycles. The van der Waals surface area contributed by atoms with Crippen LogP contribution in [0.3, 0.4) is 0 Å². The second-order valence-electron chi connectivity index (χ2n) is 4.17. The Bertz CT molecular complexity index is 650. The predicted molar refractivity (Wildman–Crippen MR) is 75.5 cm³/mol. The van der Waals surface area contributed by atoms with E-state index in [2.05, 4.69) is 15.1 Å². The van der Waals surface area contributed by atoms with Crippen LogP contribution in [0.2, 0.25) is 5.02 Å². The molecule has 7 heteroatoms. The molecule has 0 aliphatic carbocycles. The van der Waals surface area contributed by atoms with Crippen LogP contribution in [0.25, 0.3) is 0 Å². The zero-order chi connectivity index (χ0) is 14.7. The summed E-state index contributed by atoms with van der Waals surface area (Å²) >= 11 is 6.10. The second-order valence-corrected chi connectivity index (χ2v) is 4.55. The van der Waals surface area contributed by atoms with E-state index < -0.39 is 0 Å². The summed E-state index contributed by atoms with van der Waals surface area (Å²) in [6.45, 7) is 3.76. The van der Waals surface area contributed by atoms with Crippen LogP contribution in [0, 0.1) is 13.8 Å². The van der Waals surface area contributed by atoms with Crippen LogP contribution in [0.15, 0.2) is 29.7 Å². The summed E-state index contributed by atoms with van der Waals surface area (Å²) in [7, 11) is 0. The normalized spacial score (nSPS) is 11.4. The molecule has 0 aliphatic heterocycles. The Balaban J connectivity index is 2.41. The SMILES string of the molecule is Cc1cc(Oc2nccnc2C(N)=NO)cc(C)c1Cl. The van der Waals surface area contributed by atoms with Gasteiger partial charge in [0.25, 0.3) is 0 Å². The third kappa shape index (κ3) is 2.80. The molecule has 1 aromatic heterocycles. The van der Waals surface area contributed by atoms with E-state index in [4.69, 9.17) is 27.3 Å². The lowest BCUT2D eigenvalue weighted by molar-refractivity contribution is 0.318. The zero-order valence-electron chi connectivity index (χ0n) is 11.0. The molecular weight excluding hydrogens is 280 g/mol. The first-order chi connectivity index (χ1) is 9.52. The summed E-state index contributed by atoms with van der Waals surface area (Å²) in [6.07, 6.45) is 2.89. The fourth-order valence-electron chi connectivity index (χ4n) is 1.70. The second kappa shape index (κ2) is 5.75. The molecular formula is C13H13ClN4O2. The lowest BCUT2D eigenvalue weighted by atomic mass is 10.1. The number of ether oxygens (including phenoxy) is 1. The Morgan fingerprint density at radius 2 is 1.85 bits per heavy atom. The Hall–Kier alpha value is -2.34. The predicted octanol–water partition coefficient (Wildman–Crippen LogP) is 2.63. The number of amidine groups is 1. The molecule has 2 aromatic rings. The van der Waals surface area contributed by atoms with E-state index in [1.165, 1.54) is 12.4 Å². The smallest absolute Gasteiger partial charge is 0.249 e. The third-order valence-corrected chi connectivity index (χ3v) is 3.24. The molecule has 6 nitrogen and oxygen atoms in total. The number of oxime groups is 1. The Kier molecular flexibility index (Phi) is 4.05. The average molecular weight is 293 g/mol. The number of nitrogens with zero attached hydrogens (tertiary/aromatic N) is 3. The van der Waals surface area contributed by atoms with E-state index in [-0.39, 0.29) is 17.4 Å². The van der Waals surface area contributed by atoms with Crippen LogP contribution in [-0.4, -0.2) is 21.0 Å². The minimum atomic E-state index is -0.171. The van der Waals surface area contributed by atoms with Crippen LogP contribution in [0.4, 0.5) is 0 Å². The molecule has 0 saturated heterocycles. The van der Waals surface area contributed by atoms with Crippen molar-refractivity contribution in [2.45, 2.75) is 13.8 Å². The minimum absolute atomic E-state index is 0.156. The molecule has 20 heavy (non-hydrogen) atoms. The van der Waals surface area contributed by atoms with Gasteiger partial charge in [-0.15, -0.1) is 0 Å². The van der Waals surface area contributed by atoms with Crippen molar-refractivity contribution in [2.24, 2.45) is 10.9 Å². The van der Waals surface area contributed by atoms with E-state index in [9.17, 15) is 0 Å². The highest BCUT2D eigenvalue weighted by Crippen LogP contribution is 2.29. The first kappa shape index (κ1) is 14.1. The number of halogens is 1. The van der Waals surface area contributed by atoms with Crippen molar-refractivity contribution in [3.8, 4) is 11.6 Å². The molecule has 1 heterocycles. The summed E-state index contributed by atoms with van der Waals surface area (Å²) in [5.41, 5.74) is 7.47. The first-order valence-corrected chi connectivity index (χ1v) is 6.14. The maximum Gasteiger partial charge on any atom is 0.249 e. The molecule has 104 valence electrons. The Labute approximate surface area is 120 Å². The quantitative estimate of drug-likeness (QED) is 0.392. The molecule has 0 fully saturated rings. The number of hydrogen-bond donors (Lipinski definition) is 2. The summed E-state index contributed by atoms with van der Waals surface area (Å²) < 4.78 is 5.64. The van der Waals surface area contributed by atoms with Crippen LogP contribution < -0.4 is 10.5 Å². The topological polar surface area (TPSA) is 93.6 Å². The average Bonchev–Trinajstić information content (AvgIpc) is 2.44. The van der Waals surface area contributed by atoms with E-state index in [1.807, 2.05) is 13.8 Å². The van der Waals surface area contributed by atoms with Crippen LogP contribution in [-0.2, 0) is 0 Å². The fraction of sp³-hybridized carbons (Fsp3) is 0.154. The van der Waals surface area contributed by atoms with Gasteiger partial charge in [0.2, 0.25) is 5.88 Å². The molecule has 0 atom stereocenters. The fourth-order valence-corrected chi connectivity index (χ4v) is 1.81. The largest absolute Gasteiger partial charge is 0.437 e. The summed E-state index contributed by atoms with van der Waals surface area (Å²) in [6, 6.07) is 3.56. The molecule has 0 amide bonds. The summed E-state index contributed by atoms with van der Waals surface area (Å²) in [4.78, 5) is 8.01. The van der Waals surface area contributed by atoms with Crippen LogP contribution in [0.5, 0.6) is 11.6 Å². The van der Waals surface area contributed by atoms with Gasteiger partial charge in [-0.1, -0.05) is 16.8 Å². The number of nitrogens with two attached hydrogens (primary N) is 1. The van der Waals surface area contributed by atoms with Crippen LogP contribution in [0.1, 0.15) is 16.8 Å².